The van der Waals surface area contributed by atoms with E-state index in [1.54, 1.807) is 0 Å². The van der Waals surface area contributed by atoms with E-state index in [1.165, 1.54) is 37.8 Å². The van der Waals surface area contributed by atoms with Gasteiger partial charge in [0.1, 0.15) is 0 Å². The molecule has 2 heteroatoms. The molecule has 1 heterocycles. The summed E-state index contributed by atoms with van der Waals surface area (Å²) >= 11 is 0. The number of rotatable bonds is 5. The minimum absolute atomic E-state index is 0.621. The summed E-state index contributed by atoms with van der Waals surface area (Å²) in [6, 6.07) is 6.85. The molecule has 0 aromatic carbocycles. The van der Waals surface area contributed by atoms with E-state index >= 15 is 0 Å². The first kappa shape index (κ1) is 12.6. The van der Waals surface area contributed by atoms with Crippen LogP contribution in [0.2, 0.25) is 0 Å². The smallest absolute Gasteiger partial charge is 0.0419 e. The van der Waals surface area contributed by atoms with Gasteiger partial charge < -0.3 is 5.32 Å². The highest BCUT2D eigenvalue weighted by molar-refractivity contribution is 5.06. The van der Waals surface area contributed by atoms with Crippen molar-refractivity contribution in [3.8, 4) is 0 Å². The lowest BCUT2D eigenvalue weighted by Crippen LogP contribution is -2.39. The third-order valence-electron chi connectivity index (χ3n) is 3.84. The van der Waals surface area contributed by atoms with Gasteiger partial charge in [-0.1, -0.05) is 32.3 Å². The van der Waals surface area contributed by atoms with Gasteiger partial charge in [-0.2, -0.15) is 0 Å². The SMILES string of the molecule is CCNC(Cc1ccccn1)C1CCCCC1. The van der Waals surface area contributed by atoms with Gasteiger partial charge in [-0.3, -0.25) is 4.98 Å². The molecule has 0 radical (unpaired) electrons. The number of hydrogen-bond acceptors (Lipinski definition) is 2. The van der Waals surface area contributed by atoms with Gasteiger partial charge >= 0.3 is 0 Å². The van der Waals surface area contributed by atoms with Gasteiger partial charge in [-0.15, -0.1) is 0 Å². The Kier molecular flexibility index (Phi) is 4.99. The quantitative estimate of drug-likeness (QED) is 0.843. The van der Waals surface area contributed by atoms with Gasteiger partial charge in [0, 0.05) is 24.4 Å². The van der Waals surface area contributed by atoms with Crippen LogP contribution in [0.1, 0.15) is 44.7 Å². The molecule has 0 amide bonds. The first-order valence-corrected chi connectivity index (χ1v) is 7.03. The molecule has 0 aliphatic heterocycles. The van der Waals surface area contributed by atoms with Crippen LogP contribution in [-0.2, 0) is 6.42 Å². The summed E-state index contributed by atoms with van der Waals surface area (Å²) in [5.41, 5.74) is 1.23. The summed E-state index contributed by atoms with van der Waals surface area (Å²) in [5.74, 6) is 0.853. The molecule has 2 rings (SSSR count). The Morgan fingerprint density at radius 1 is 1.29 bits per heavy atom. The standard InChI is InChI=1S/C15H24N2/c1-2-16-15(13-8-4-3-5-9-13)12-14-10-6-7-11-17-14/h6-7,10-11,13,15-16H,2-5,8-9,12H2,1H3. The Labute approximate surface area is 105 Å². The van der Waals surface area contributed by atoms with E-state index in [2.05, 4.69) is 29.4 Å². The molecule has 1 aromatic heterocycles. The van der Waals surface area contributed by atoms with Crippen LogP contribution >= 0.6 is 0 Å². The Morgan fingerprint density at radius 2 is 2.12 bits per heavy atom. The fourth-order valence-electron chi connectivity index (χ4n) is 2.95. The van der Waals surface area contributed by atoms with Crippen LogP contribution in [0, 0.1) is 5.92 Å². The van der Waals surface area contributed by atoms with Crippen molar-refractivity contribution in [1.82, 2.24) is 10.3 Å². The topological polar surface area (TPSA) is 24.9 Å². The van der Waals surface area contributed by atoms with E-state index < -0.39 is 0 Å². The lowest BCUT2D eigenvalue weighted by molar-refractivity contribution is 0.268. The van der Waals surface area contributed by atoms with Gasteiger partial charge in [-0.05, 0) is 37.4 Å². The average molecular weight is 232 g/mol. The molecule has 1 fully saturated rings. The normalized spacial score (nSPS) is 19.1. The predicted octanol–water partition coefficient (Wildman–Crippen LogP) is 3.18. The zero-order valence-corrected chi connectivity index (χ0v) is 10.9. The van der Waals surface area contributed by atoms with Gasteiger partial charge in [0.05, 0.1) is 0 Å². The number of pyridine rings is 1. The second kappa shape index (κ2) is 6.75. The van der Waals surface area contributed by atoms with Crippen molar-refractivity contribution in [2.75, 3.05) is 6.54 Å². The Balaban J connectivity index is 1.96. The van der Waals surface area contributed by atoms with E-state index in [-0.39, 0.29) is 0 Å². The van der Waals surface area contributed by atoms with Crippen LogP contribution in [0.5, 0.6) is 0 Å². The van der Waals surface area contributed by atoms with Crippen LogP contribution in [0.25, 0.3) is 0 Å². The Hall–Kier alpha value is -0.890. The molecule has 0 bridgehead atoms. The molecule has 1 unspecified atom stereocenters. The molecular weight excluding hydrogens is 208 g/mol. The third kappa shape index (κ3) is 3.81. The lowest BCUT2D eigenvalue weighted by atomic mass is 9.82. The molecule has 1 saturated carbocycles. The first-order valence-electron chi connectivity index (χ1n) is 7.03. The highest BCUT2D eigenvalue weighted by Gasteiger charge is 2.23. The summed E-state index contributed by atoms with van der Waals surface area (Å²) < 4.78 is 0. The largest absolute Gasteiger partial charge is 0.314 e. The van der Waals surface area contributed by atoms with Gasteiger partial charge in [0.25, 0.3) is 0 Å². The molecule has 94 valence electrons. The highest BCUT2D eigenvalue weighted by atomic mass is 14.9. The number of nitrogens with one attached hydrogen (secondary N) is 1. The minimum Gasteiger partial charge on any atom is -0.314 e. The van der Waals surface area contributed by atoms with Crippen molar-refractivity contribution in [3.05, 3.63) is 30.1 Å². The van der Waals surface area contributed by atoms with Crippen molar-refractivity contribution >= 4 is 0 Å². The van der Waals surface area contributed by atoms with E-state index in [4.69, 9.17) is 0 Å². The zero-order chi connectivity index (χ0) is 11.9. The van der Waals surface area contributed by atoms with Crippen molar-refractivity contribution in [2.45, 2.75) is 51.5 Å². The molecule has 2 nitrogen and oxygen atoms in total. The van der Waals surface area contributed by atoms with Crippen molar-refractivity contribution < 1.29 is 0 Å². The first-order chi connectivity index (χ1) is 8.40. The molecule has 0 saturated heterocycles. The second-order valence-corrected chi connectivity index (χ2v) is 5.09. The maximum Gasteiger partial charge on any atom is 0.0419 e. The van der Waals surface area contributed by atoms with E-state index in [1.807, 2.05) is 12.3 Å². The van der Waals surface area contributed by atoms with Crippen molar-refractivity contribution in [2.24, 2.45) is 5.92 Å². The minimum atomic E-state index is 0.621. The third-order valence-corrected chi connectivity index (χ3v) is 3.84. The summed E-state index contributed by atoms with van der Waals surface area (Å²) in [6.45, 7) is 3.27. The van der Waals surface area contributed by atoms with Gasteiger partial charge in [-0.25, -0.2) is 0 Å². The summed E-state index contributed by atoms with van der Waals surface area (Å²) in [4.78, 5) is 4.46. The van der Waals surface area contributed by atoms with Crippen molar-refractivity contribution in [3.63, 3.8) is 0 Å². The maximum absolute atomic E-state index is 4.46. The fraction of sp³-hybridized carbons (Fsp3) is 0.667. The van der Waals surface area contributed by atoms with E-state index in [9.17, 15) is 0 Å². The Morgan fingerprint density at radius 3 is 2.76 bits per heavy atom. The molecule has 0 spiro atoms. The summed E-state index contributed by atoms with van der Waals surface area (Å²) in [6.07, 6.45) is 10.0. The molecule has 1 aromatic rings. The van der Waals surface area contributed by atoms with E-state index in [0.717, 1.165) is 18.9 Å². The molecule has 1 atom stereocenters. The molecule has 17 heavy (non-hydrogen) atoms. The molecular formula is C15H24N2. The average Bonchev–Trinajstić information content (AvgIpc) is 2.40. The predicted molar refractivity (Wildman–Crippen MR) is 72.0 cm³/mol. The molecule has 1 N–H and O–H groups in total. The molecule has 1 aliphatic carbocycles. The molecule has 1 aliphatic rings. The van der Waals surface area contributed by atoms with Crippen LogP contribution in [0.3, 0.4) is 0 Å². The fourth-order valence-corrected chi connectivity index (χ4v) is 2.95. The maximum atomic E-state index is 4.46. The van der Waals surface area contributed by atoms with Crippen LogP contribution in [0.15, 0.2) is 24.4 Å². The second-order valence-electron chi connectivity index (χ2n) is 5.09. The highest BCUT2D eigenvalue weighted by Crippen LogP contribution is 2.27. The number of aromatic nitrogens is 1. The summed E-state index contributed by atoms with van der Waals surface area (Å²) in [7, 11) is 0. The van der Waals surface area contributed by atoms with Gasteiger partial charge in [0.15, 0.2) is 0 Å². The summed E-state index contributed by atoms with van der Waals surface area (Å²) in [5, 5.41) is 3.66. The zero-order valence-electron chi connectivity index (χ0n) is 10.9. The monoisotopic (exact) mass is 232 g/mol. The van der Waals surface area contributed by atoms with Crippen LogP contribution < -0.4 is 5.32 Å². The van der Waals surface area contributed by atoms with Gasteiger partial charge in [0.2, 0.25) is 0 Å². The van der Waals surface area contributed by atoms with Crippen LogP contribution in [0.4, 0.5) is 0 Å². The number of nitrogens with zero attached hydrogens (tertiary/aromatic N) is 1. The van der Waals surface area contributed by atoms with Crippen molar-refractivity contribution in [1.29, 1.82) is 0 Å². The number of hydrogen-bond donors (Lipinski definition) is 1. The Bertz CT molecular complexity index is 304. The van der Waals surface area contributed by atoms with Crippen LogP contribution in [-0.4, -0.2) is 17.6 Å². The lowest BCUT2D eigenvalue weighted by Gasteiger charge is -2.30. The van der Waals surface area contributed by atoms with E-state index in [0.29, 0.717) is 6.04 Å². The number of likely N-dealkylation sites (N-methyl/N-ethyl adjacent to an activating group) is 1.